The first-order valence-corrected chi connectivity index (χ1v) is 6.91. The van der Waals surface area contributed by atoms with E-state index in [1.165, 1.54) is 11.6 Å². The molecule has 0 amide bonds. The molecule has 0 fully saturated rings. The molecule has 0 aromatic heterocycles. The van der Waals surface area contributed by atoms with Crippen LogP contribution in [-0.4, -0.2) is 25.7 Å². The molecule has 0 aliphatic carbocycles. The first kappa shape index (κ1) is 13.8. The van der Waals surface area contributed by atoms with E-state index in [1.54, 1.807) is 6.07 Å². The molecule has 19 heavy (non-hydrogen) atoms. The van der Waals surface area contributed by atoms with Crippen molar-refractivity contribution in [1.29, 1.82) is 5.26 Å². The minimum atomic E-state index is -0.188. The molecule has 1 unspecified atom stereocenters. The molecular formula is C15H20FN3. The average Bonchev–Trinajstić information content (AvgIpc) is 2.81. The van der Waals surface area contributed by atoms with Gasteiger partial charge in [0.1, 0.15) is 5.82 Å². The molecule has 0 radical (unpaired) electrons. The van der Waals surface area contributed by atoms with Crippen LogP contribution in [0.15, 0.2) is 18.2 Å². The highest BCUT2D eigenvalue weighted by atomic mass is 19.1. The second-order valence-corrected chi connectivity index (χ2v) is 4.93. The maximum atomic E-state index is 13.3. The lowest BCUT2D eigenvalue weighted by atomic mass is 10.1. The van der Waals surface area contributed by atoms with Gasteiger partial charge in [-0.2, -0.15) is 5.26 Å². The van der Waals surface area contributed by atoms with Gasteiger partial charge in [0.15, 0.2) is 0 Å². The number of rotatable bonds is 6. The summed E-state index contributed by atoms with van der Waals surface area (Å²) in [5, 5.41) is 12.3. The number of anilines is 1. The second-order valence-electron chi connectivity index (χ2n) is 4.93. The standard InChI is InChI=1S/C15H20FN3/c1-2-7-18-14(11-17)6-9-19-8-5-12-3-4-13(16)10-15(12)19/h3-4,10,14,18H,2,5-9H2,1H3. The van der Waals surface area contributed by atoms with Gasteiger partial charge in [-0.25, -0.2) is 4.39 Å². The van der Waals surface area contributed by atoms with Crippen molar-refractivity contribution in [3.05, 3.63) is 29.6 Å². The first-order valence-electron chi connectivity index (χ1n) is 6.91. The van der Waals surface area contributed by atoms with Crippen molar-refractivity contribution < 1.29 is 4.39 Å². The topological polar surface area (TPSA) is 39.1 Å². The Morgan fingerprint density at radius 2 is 2.37 bits per heavy atom. The zero-order valence-electron chi connectivity index (χ0n) is 11.3. The van der Waals surface area contributed by atoms with Crippen LogP contribution in [0.5, 0.6) is 0 Å². The fourth-order valence-electron chi connectivity index (χ4n) is 2.47. The third-order valence-corrected chi connectivity index (χ3v) is 3.52. The predicted molar refractivity (Wildman–Crippen MR) is 74.6 cm³/mol. The van der Waals surface area contributed by atoms with Crippen LogP contribution in [0.25, 0.3) is 0 Å². The van der Waals surface area contributed by atoms with Gasteiger partial charge in [-0.15, -0.1) is 0 Å². The van der Waals surface area contributed by atoms with Crippen molar-refractivity contribution in [2.75, 3.05) is 24.5 Å². The molecule has 1 N–H and O–H groups in total. The highest BCUT2D eigenvalue weighted by Gasteiger charge is 2.20. The van der Waals surface area contributed by atoms with E-state index in [9.17, 15) is 4.39 Å². The third-order valence-electron chi connectivity index (χ3n) is 3.52. The normalized spacial score (nSPS) is 15.1. The highest BCUT2D eigenvalue weighted by Crippen LogP contribution is 2.28. The lowest BCUT2D eigenvalue weighted by Gasteiger charge is -2.21. The molecule has 0 saturated heterocycles. The van der Waals surface area contributed by atoms with Crippen LogP contribution in [0, 0.1) is 17.1 Å². The van der Waals surface area contributed by atoms with Gasteiger partial charge in [-0.3, -0.25) is 0 Å². The molecule has 1 aromatic carbocycles. The van der Waals surface area contributed by atoms with Crippen LogP contribution in [0.3, 0.4) is 0 Å². The molecular weight excluding hydrogens is 241 g/mol. The molecule has 1 aliphatic rings. The first-order chi connectivity index (χ1) is 9.24. The largest absolute Gasteiger partial charge is 0.371 e. The number of benzene rings is 1. The van der Waals surface area contributed by atoms with E-state index in [0.717, 1.165) is 44.6 Å². The number of fused-ring (bicyclic) bond motifs is 1. The maximum absolute atomic E-state index is 13.3. The van der Waals surface area contributed by atoms with Crippen molar-refractivity contribution in [3.63, 3.8) is 0 Å². The van der Waals surface area contributed by atoms with Gasteiger partial charge in [0, 0.05) is 18.8 Å². The van der Waals surface area contributed by atoms with Gasteiger partial charge in [0.2, 0.25) is 0 Å². The smallest absolute Gasteiger partial charge is 0.125 e. The van der Waals surface area contributed by atoms with E-state index >= 15 is 0 Å². The Morgan fingerprint density at radius 3 is 3.11 bits per heavy atom. The van der Waals surface area contributed by atoms with Gasteiger partial charge >= 0.3 is 0 Å². The Morgan fingerprint density at radius 1 is 1.53 bits per heavy atom. The van der Waals surface area contributed by atoms with E-state index in [2.05, 4.69) is 23.2 Å². The molecule has 1 heterocycles. The van der Waals surface area contributed by atoms with Gasteiger partial charge in [0.05, 0.1) is 12.1 Å². The SMILES string of the molecule is CCCNC(C#N)CCN1CCc2ccc(F)cc21. The van der Waals surface area contributed by atoms with Crippen LogP contribution in [0.1, 0.15) is 25.3 Å². The monoisotopic (exact) mass is 261 g/mol. The summed E-state index contributed by atoms with van der Waals surface area (Å²) in [5.74, 6) is -0.188. The Labute approximate surface area is 114 Å². The van der Waals surface area contributed by atoms with Gasteiger partial charge in [-0.1, -0.05) is 13.0 Å². The molecule has 4 heteroatoms. The molecule has 3 nitrogen and oxygen atoms in total. The van der Waals surface area contributed by atoms with Crippen molar-refractivity contribution in [2.45, 2.75) is 32.2 Å². The van der Waals surface area contributed by atoms with E-state index in [4.69, 9.17) is 5.26 Å². The molecule has 2 rings (SSSR count). The van der Waals surface area contributed by atoms with Gasteiger partial charge in [-0.05, 0) is 43.5 Å². The Kier molecular flexibility index (Phi) is 4.75. The third kappa shape index (κ3) is 3.45. The second kappa shape index (κ2) is 6.53. The van der Waals surface area contributed by atoms with Crippen LogP contribution in [0.2, 0.25) is 0 Å². The summed E-state index contributed by atoms with van der Waals surface area (Å²) in [6, 6.07) is 7.15. The van der Waals surface area contributed by atoms with Crippen LogP contribution >= 0.6 is 0 Å². The fourth-order valence-corrected chi connectivity index (χ4v) is 2.47. The summed E-state index contributed by atoms with van der Waals surface area (Å²) in [6.45, 7) is 4.67. The summed E-state index contributed by atoms with van der Waals surface area (Å²) in [6.07, 6.45) is 2.76. The number of nitriles is 1. The number of nitrogens with zero attached hydrogens (tertiary/aromatic N) is 2. The predicted octanol–water partition coefficient (Wildman–Crippen LogP) is 2.47. The molecule has 1 atom stereocenters. The number of nitrogens with one attached hydrogen (secondary N) is 1. The van der Waals surface area contributed by atoms with Gasteiger partial charge < -0.3 is 10.2 Å². The number of halogens is 1. The van der Waals surface area contributed by atoms with Gasteiger partial charge in [0.25, 0.3) is 0 Å². The molecule has 102 valence electrons. The minimum Gasteiger partial charge on any atom is -0.371 e. The summed E-state index contributed by atoms with van der Waals surface area (Å²) >= 11 is 0. The molecule has 0 saturated carbocycles. The average molecular weight is 261 g/mol. The Bertz CT molecular complexity index is 467. The molecule has 0 spiro atoms. The quantitative estimate of drug-likeness (QED) is 0.855. The van der Waals surface area contributed by atoms with Crippen LogP contribution in [0.4, 0.5) is 10.1 Å². The fraction of sp³-hybridized carbons (Fsp3) is 0.533. The molecule has 1 aliphatic heterocycles. The number of hydrogen-bond acceptors (Lipinski definition) is 3. The van der Waals surface area contributed by atoms with Crippen molar-refractivity contribution in [2.24, 2.45) is 0 Å². The van der Waals surface area contributed by atoms with E-state index in [1.807, 2.05) is 6.07 Å². The lowest BCUT2D eigenvalue weighted by molar-refractivity contribution is 0.557. The Hall–Kier alpha value is -1.60. The molecule has 1 aromatic rings. The summed E-state index contributed by atoms with van der Waals surface area (Å²) in [5.41, 5.74) is 2.20. The summed E-state index contributed by atoms with van der Waals surface area (Å²) in [7, 11) is 0. The zero-order valence-corrected chi connectivity index (χ0v) is 11.3. The lowest BCUT2D eigenvalue weighted by Crippen LogP contribution is -2.33. The van der Waals surface area contributed by atoms with Crippen LogP contribution in [-0.2, 0) is 6.42 Å². The van der Waals surface area contributed by atoms with E-state index in [-0.39, 0.29) is 11.9 Å². The van der Waals surface area contributed by atoms with Crippen molar-refractivity contribution in [3.8, 4) is 6.07 Å². The summed E-state index contributed by atoms with van der Waals surface area (Å²) < 4.78 is 13.3. The minimum absolute atomic E-state index is 0.113. The zero-order chi connectivity index (χ0) is 13.7. The number of hydrogen-bond donors (Lipinski definition) is 1. The Balaban J connectivity index is 1.92. The van der Waals surface area contributed by atoms with Crippen molar-refractivity contribution >= 4 is 5.69 Å². The van der Waals surface area contributed by atoms with Crippen LogP contribution < -0.4 is 10.2 Å². The highest BCUT2D eigenvalue weighted by molar-refractivity contribution is 5.58. The van der Waals surface area contributed by atoms with E-state index in [0.29, 0.717) is 0 Å². The van der Waals surface area contributed by atoms with Crippen molar-refractivity contribution in [1.82, 2.24) is 5.32 Å². The maximum Gasteiger partial charge on any atom is 0.125 e. The summed E-state index contributed by atoms with van der Waals surface area (Å²) in [4.78, 5) is 2.18. The molecule has 0 bridgehead atoms. The van der Waals surface area contributed by atoms with E-state index < -0.39 is 0 Å².